The fourth-order valence-corrected chi connectivity index (χ4v) is 2.75. The normalized spacial score (nSPS) is 12.9. The fraction of sp³-hybridized carbons (Fsp3) is 0.429. The molecule has 0 saturated heterocycles. The zero-order valence-corrected chi connectivity index (χ0v) is 11.7. The maximum Gasteiger partial charge on any atom is 0.117 e. The fourth-order valence-electron chi connectivity index (χ4n) is 1.93. The third-order valence-electron chi connectivity index (χ3n) is 3.01. The van der Waals surface area contributed by atoms with Gasteiger partial charge in [0.1, 0.15) is 6.10 Å². The average Bonchev–Trinajstić information content (AvgIpc) is 2.87. The summed E-state index contributed by atoms with van der Waals surface area (Å²) in [6, 6.07) is 8.06. The minimum absolute atomic E-state index is 0.280. The molecule has 3 nitrogen and oxygen atoms in total. The van der Waals surface area contributed by atoms with Gasteiger partial charge in [-0.25, -0.2) is 0 Å². The number of aromatic nitrogens is 2. The van der Waals surface area contributed by atoms with Gasteiger partial charge in [0.05, 0.1) is 10.6 Å². The molecule has 0 bridgehead atoms. The maximum atomic E-state index is 10.5. The molecule has 1 unspecified atom stereocenters. The molecular weight excluding hydrogens is 244 g/mol. The highest BCUT2D eigenvalue weighted by Crippen LogP contribution is 2.30. The molecule has 0 radical (unpaired) electrons. The third-order valence-corrected chi connectivity index (χ3v) is 3.80. The molecule has 0 saturated carbocycles. The molecule has 96 valence electrons. The van der Waals surface area contributed by atoms with E-state index >= 15 is 0 Å². The van der Waals surface area contributed by atoms with Crippen LogP contribution in [-0.4, -0.2) is 14.7 Å². The van der Waals surface area contributed by atoms with Crippen LogP contribution in [0.15, 0.2) is 24.3 Å². The summed E-state index contributed by atoms with van der Waals surface area (Å²) in [7, 11) is 0. The van der Waals surface area contributed by atoms with Crippen LogP contribution in [0.5, 0.6) is 0 Å². The molecule has 0 aliphatic carbocycles. The van der Waals surface area contributed by atoms with Gasteiger partial charge >= 0.3 is 0 Å². The van der Waals surface area contributed by atoms with Gasteiger partial charge in [-0.15, -0.1) is 5.10 Å². The summed E-state index contributed by atoms with van der Waals surface area (Å²) in [5, 5.41) is 14.6. The van der Waals surface area contributed by atoms with Crippen LogP contribution in [0, 0.1) is 0 Å². The van der Waals surface area contributed by atoms with E-state index in [2.05, 4.69) is 42.5 Å². The number of aliphatic hydroxyl groups is 1. The van der Waals surface area contributed by atoms with Gasteiger partial charge in [-0.3, -0.25) is 0 Å². The first-order chi connectivity index (χ1) is 8.63. The molecule has 2 aromatic rings. The molecule has 0 aliphatic rings. The monoisotopic (exact) mass is 262 g/mol. The summed E-state index contributed by atoms with van der Waals surface area (Å²) in [6.07, 6.45) is 0.354. The van der Waals surface area contributed by atoms with Gasteiger partial charge in [-0.05, 0) is 35.0 Å². The van der Waals surface area contributed by atoms with Crippen LogP contribution >= 0.6 is 11.5 Å². The summed E-state index contributed by atoms with van der Waals surface area (Å²) in [5.74, 6) is 0.280. The Morgan fingerprint density at radius 2 is 2.11 bits per heavy atom. The van der Waals surface area contributed by atoms with Gasteiger partial charge in [-0.1, -0.05) is 49.5 Å². The Morgan fingerprint density at radius 1 is 1.33 bits per heavy atom. The van der Waals surface area contributed by atoms with Crippen LogP contribution in [0.25, 0.3) is 0 Å². The molecule has 1 N–H and O–H groups in total. The largest absolute Gasteiger partial charge is 0.383 e. The summed E-state index contributed by atoms with van der Waals surface area (Å²) in [5.41, 5.74) is 3.05. The topological polar surface area (TPSA) is 46.0 Å². The van der Waals surface area contributed by atoms with Crippen LogP contribution in [0.2, 0.25) is 0 Å². The van der Waals surface area contributed by atoms with E-state index in [0.717, 1.165) is 22.6 Å². The first-order valence-corrected chi connectivity index (χ1v) is 6.99. The van der Waals surface area contributed by atoms with Crippen molar-refractivity contribution in [2.75, 3.05) is 0 Å². The summed E-state index contributed by atoms with van der Waals surface area (Å²) in [6.45, 7) is 6.24. The molecule has 0 spiro atoms. The lowest BCUT2D eigenvalue weighted by Crippen LogP contribution is -2.03. The van der Waals surface area contributed by atoms with Crippen molar-refractivity contribution in [1.29, 1.82) is 0 Å². The molecule has 0 fully saturated rings. The lowest BCUT2D eigenvalue weighted by molar-refractivity contribution is 0.222. The lowest BCUT2D eigenvalue weighted by Gasteiger charge is -2.12. The predicted octanol–water partition coefficient (Wildman–Crippen LogP) is 3.31. The van der Waals surface area contributed by atoms with E-state index in [1.807, 2.05) is 12.1 Å². The Hall–Kier alpha value is -1.26. The van der Waals surface area contributed by atoms with Gasteiger partial charge in [-0.2, -0.15) is 0 Å². The van der Waals surface area contributed by atoms with E-state index in [1.165, 1.54) is 17.1 Å². The molecule has 1 heterocycles. The Bertz CT molecular complexity index is 522. The van der Waals surface area contributed by atoms with Gasteiger partial charge < -0.3 is 5.11 Å². The van der Waals surface area contributed by atoms with Crippen LogP contribution in [0.1, 0.15) is 54.5 Å². The highest BCUT2D eigenvalue weighted by atomic mass is 32.1. The van der Waals surface area contributed by atoms with Gasteiger partial charge in [0.15, 0.2) is 0 Å². The number of benzene rings is 1. The molecule has 1 aromatic heterocycles. The molecule has 1 aromatic carbocycles. The molecular formula is C14H18N2OS. The van der Waals surface area contributed by atoms with Gasteiger partial charge in [0, 0.05) is 0 Å². The van der Waals surface area contributed by atoms with Crippen LogP contribution in [0.4, 0.5) is 0 Å². The van der Waals surface area contributed by atoms with E-state index in [9.17, 15) is 5.11 Å². The van der Waals surface area contributed by atoms with Crippen LogP contribution in [-0.2, 0) is 6.42 Å². The van der Waals surface area contributed by atoms with Gasteiger partial charge in [0.25, 0.3) is 0 Å². The van der Waals surface area contributed by atoms with E-state index in [-0.39, 0.29) is 5.92 Å². The molecule has 1 atom stereocenters. The van der Waals surface area contributed by atoms with Crippen molar-refractivity contribution in [3.8, 4) is 0 Å². The molecule has 4 heteroatoms. The number of rotatable bonds is 4. The molecule has 18 heavy (non-hydrogen) atoms. The summed E-state index contributed by atoms with van der Waals surface area (Å²) < 4.78 is 3.96. The standard InChI is InChI=1S/C14H18N2OS/c1-4-10-6-5-7-11(8-10)13(17)14-12(9(2)3)15-16-18-14/h5-9,13,17H,4H2,1-3H3. The minimum Gasteiger partial charge on any atom is -0.383 e. The Kier molecular flexibility index (Phi) is 4.09. The minimum atomic E-state index is -0.617. The molecule has 0 aliphatic heterocycles. The Labute approximate surface area is 112 Å². The summed E-state index contributed by atoms with van der Waals surface area (Å²) in [4.78, 5) is 0.859. The molecule has 0 amide bonds. The van der Waals surface area contributed by atoms with Crippen LogP contribution in [0.3, 0.4) is 0 Å². The van der Waals surface area contributed by atoms with Crippen molar-refractivity contribution in [2.45, 2.75) is 39.2 Å². The molecule has 2 rings (SSSR count). The number of hydrogen-bond donors (Lipinski definition) is 1. The van der Waals surface area contributed by atoms with Gasteiger partial charge in [0.2, 0.25) is 0 Å². The maximum absolute atomic E-state index is 10.5. The quantitative estimate of drug-likeness (QED) is 0.919. The average molecular weight is 262 g/mol. The predicted molar refractivity (Wildman–Crippen MR) is 73.9 cm³/mol. The van der Waals surface area contributed by atoms with Crippen molar-refractivity contribution in [3.05, 3.63) is 46.0 Å². The highest BCUT2D eigenvalue weighted by molar-refractivity contribution is 7.05. The first-order valence-electron chi connectivity index (χ1n) is 6.22. The Balaban J connectivity index is 2.35. The van der Waals surface area contributed by atoms with E-state index in [0.29, 0.717) is 0 Å². The zero-order chi connectivity index (χ0) is 13.1. The number of aryl methyl sites for hydroxylation is 1. The third kappa shape index (κ3) is 2.60. The zero-order valence-electron chi connectivity index (χ0n) is 10.9. The van der Waals surface area contributed by atoms with Crippen molar-refractivity contribution < 1.29 is 5.11 Å². The van der Waals surface area contributed by atoms with E-state index < -0.39 is 6.10 Å². The number of hydrogen-bond acceptors (Lipinski definition) is 4. The van der Waals surface area contributed by atoms with Crippen molar-refractivity contribution in [3.63, 3.8) is 0 Å². The second kappa shape index (κ2) is 5.59. The second-order valence-electron chi connectivity index (χ2n) is 4.68. The van der Waals surface area contributed by atoms with E-state index in [4.69, 9.17) is 0 Å². The second-order valence-corrected chi connectivity index (χ2v) is 5.46. The van der Waals surface area contributed by atoms with Crippen LogP contribution < -0.4 is 0 Å². The van der Waals surface area contributed by atoms with E-state index in [1.54, 1.807) is 0 Å². The van der Waals surface area contributed by atoms with Crippen molar-refractivity contribution >= 4 is 11.5 Å². The first kappa shape index (κ1) is 13.2. The Morgan fingerprint density at radius 3 is 2.78 bits per heavy atom. The number of nitrogens with zero attached hydrogens (tertiary/aromatic N) is 2. The SMILES string of the molecule is CCc1cccc(C(O)c2snnc2C(C)C)c1. The van der Waals surface area contributed by atoms with Crippen molar-refractivity contribution in [1.82, 2.24) is 9.59 Å². The number of aliphatic hydroxyl groups excluding tert-OH is 1. The smallest absolute Gasteiger partial charge is 0.117 e. The summed E-state index contributed by atoms with van der Waals surface area (Å²) >= 11 is 1.28. The highest BCUT2D eigenvalue weighted by Gasteiger charge is 2.20. The van der Waals surface area contributed by atoms with Crippen molar-refractivity contribution in [2.24, 2.45) is 0 Å². The lowest BCUT2D eigenvalue weighted by atomic mass is 10.0.